The highest BCUT2D eigenvalue weighted by atomic mass is 19.1. The van der Waals surface area contributed by atoms with Crippen molar-refractivity contribution in [2.24, 2.45) is 0 Å². The van der Waals surface area contributed by atoms with Gasteiger partial charge in [0.05, 0.1) is 11.8 Å². The van der Waals surface area contributed by atoms with Gasteiger partial charge >= 0.3 is 6.09 Å². The third-order valence-corrected chi connectivity index (χ3v) is 3.83. The highest BCUT2D eigenvalue weighted by molar-refractivity contribution is 5.86. The number of benzene rings is 1. The SMILES string of the molecule is CC(C)OC(=O)Nc1ccc(F)c(-c2cn3cc(C(C)C)cnc3n2)c1. The summed E-state index contributed by atoms with van der Waals surface area (Å²) in [6.07, 6.45) is 4.60. The number of ether oxygens (including phenoxy) is 1. The molecule has 1 amide bonds. The molecule has 0 bridgehead atoms. The Hall–Kier alpha value is -2.96. The second-order valence-electron chi connectivity index (χ2n) is 6.65. The smallest absolute Gasteiger partial charge is 0.411 e. The first-order valence-corrected chi connectivity index (χ1v) is 8.45. The third kappa shape index (κ3) is 3.82. The standard InChI is InChI=1S/C19H21FN4O2/c1-11(2)13-8-21-18-23-17(10-24(18)9-13)15-7-14(5-6-16(15)20)22-19(25)26-12(3)4/h5-12H,1-4H3,(H,22,25). The minimum Gasteiger partial charge on any atom is -0.447 e. The Morgan fingerprint density at radius 1 is 1.23 bits per heavy atom. The highest BCUT2D eigenvalue weighted by Gasteiger charge is 2.14. The summed E-state index contributed by atoms with van der Waals surface area (Å²) < 4.78 is 21.1. The Morgan fingerprint density at radius 2 is 2.00 bits per heavy atom. The molecule has 2 aromatic heterocycles. The highest BCUT2D eigenvalue weighted by Crippen LogP contribution is 2.26. The Labute approximate surface area is 151 Å². The molecule has 0 radical (unpaired) electrons. The van der Waals surface area contributed by atoms with Crippen LogP contribution in [-0.4, -0.2) is 26.6 Å². The summed E-state index contributed by atoms with van der Waals surface area (Å²) in [6.45, 7) is 7.66. The molecule has 136 valence electrons. The van der Waals surface area contributed by atoms with Gasteiger partial charge in [-0.05, 0) is 43.5 Å². The number of carbonyl (C=O) groups is 1. The Bertz CT molecular complexity index is 950. The van der Waals surface area contributed by atoms with Crippen molar-refractivity contribution in [2.45, 2.75) is 39.7 Å². The second kappa shape index (κ2) is 7.11. The molecule has 0 unspecified atom stereocenters. The number of carbonyl (C=O) groups excluding carboxylic acids is 1. The molecule has 26 heavy (non-hydrogen) atoms. The number of hydrogen-bond donors (Lipinski definition) is 1. The molecule has 7 heteroatoms. The van der Waals surface area contributed by atoms with Gasteiger partial charge < -0.3 is 4.74 Å². The molecule has 6 nitrogen and oxygen atoms in total. The summed E-state index contributed by atoms with van der Waals surface area (Å²) in [5.41, 5.74) is 2.22. The van der Waals surface area contributed by atoms with Gasteiger partial charge in [-0.25, -0.2) is 19.2 Å². The van der Waals surface area contributed by atoms with E-state index in [2.05, 4.69) is 29.1 Å². The van der Waals surface area contributed by atoms with Crippen LogP contribution in [0.1, 0.15) is 39.2 Å². The van der Waals surface area contributed by atoms with E-state index in [1.54, 1.807) is 30.6 Å². The van der Waals surface area contributed by atoms with E-state index in [9.17, 15) is 9.18 Å². The number of aromatic nitrogens is 3. The molecule has 2 heterocycles. The maximum Gasteiger partial charge on any atom is 0.411 e. The molecular weight excluding hydrogens is 335 g/mol. The number of hydrogen-bond acceptors (Lipinski definition) is 4. The molecule has 1 N–H and O–H groups in total. The van der Waals surface area contributed by atoms with Crippen LogP contribution in [0.3, 0.4) is 0 Å². The lowest BCUT2D eigenvalue weighted by Crippen LogP contribution is -2.18. The summed E-state index contributed by atoms with van der Waals surface area (Å²) in [4.78, 5) is 20.4. The van der Waals surface area contributed by atoms with Crippen molar-refractivity contribution in [3.63, 3.8) is 0 Å². The zero-order valence-corrected chi connectivity index (χ0v) is 15.2. The lowest BCUT2D eigenvalue weighted by Gasteiger charge is -2.10. The minimum absolute atomic E-state index is 0.241. The molecule has 0 spiro atoms. The van der Waals surface area contributed by atoms with Gasteiger partial charge in [0.15, 0.2) is 0 Å². The summed E-state index contributed by atoms with van der Waals surface area (Å²) in [5, 5.41) is 2.59. The summed E-state index contributed by atoms with van der Waals surface area (Å²) in [6, 6.07) is 4.30. The fourth-order valence-corrected chi connectivity index (χ4v) is 2.49. The van der Waals surface area contributed by atoms with Gasteiger partial charge in [-0.3, -0.25) is 9.72 Å². The minimum atomic E-state index is -0.587. The fourth-order valence-electron chi connectivity index (χ4n) is 2.49. The van der Waals surface area contributed by atoms with E-state index < -0.39 is 11.9 Å². The normalized spacial score (nSPS) is 11.3. The molecule has 0 fully saturated rings. The molecule has 3 aromatic rings. The number of fused-ring (bicyclic) bond motifs is 1. The number of anilines is 1. The van der Waals surface area contributed by atoms with Crippen LogP contribution in [0.5, 0.6) is 0 Å². The van der Waals surface area contributed by atoms with E-state index >= 15 is 0 Å². The quantitative estimate of drug-likeness (QED) is 0.741. The van der Waals surface area contributed by atoms with E-state index in [0.717, 1.165) is 5.56 Å². The molecule has 3 rings (SSSR count). The molecule has 0 aliphatic carbocycles. The third-order valence-electron chi connectivity index (χ3n) is 3.83. The Morgan fingerprint density at radius 3 is 2.69 bits per heavy atom. The van der Waals surface area contributed by atoms with Crippen LogP contribution < -0.4 is 5.32 Å². The zero-order valence-electron chi connectivity index (χ0n) is 15.2. The van der Waals surface area contributed by atoms with Gasteiger partial charge in [-0.1, -0.05) is 13.8 Å². The van der Waals surface area contributed by atoms with E-state index in [-0.39, 0.29) is 11.7 Å². The molecule has 0 aliphatic rings. The first-order chi connectivity index (χ1) is 12.3. The van der Waals surface area contributed by atoms with Gasteiger partial charge in [0.25, 0.3) is 0 Å². The number of amides is 1. The molecule has 0 saturated heterocycles. The number of rotatable bonds is 4. The van der Waals surface area contributed by atoms with E-state index in [1.165, 1.54) is 18.2 Å². The van der Waals surface area contributed by atoms with Crippen LogP contribution in [0, 0.1) is 5.82 Å². The predicted octanol–water partition coefficient (Wildman–Crippen LogP) is 4.62. The van der Waals surface area contributed by atoms with Gasteiger partial charge in [0.2, 0.25) is 5.78 Å². The summed E-state index contributed by atoms with van der Waals surface area (Å²) in [5.74, 6) is 0.385. The van der Waals surface area contributed by atoms with Crippen LogP contribution in [0.15, 0.2) is 36.8 Å². The molecule has 1 aromatic carbocycles. The Balaban J connectivity index is 1.94. The largest absolute Gasteiger partial charge is 0.447 e. The average Bonchev–Trinajstić information content (AvgIpc) is 2.98. The van der Waals surface area contributed by atoms with Crippen LogP contribution in [0.25, 0.3) is 17.0 Å². The lowest BCUT2D eigenvalue weighted by atomic mass is 10.1. The van der Waals surface area contributed by atoms with Crippen LogP contribution >= 0.6 is 0 Å². The van der Waals surface area contributed by atoms with Gasteiger partial charge in [0, 0.05) is 29.8 Å². The average molecular weight is 356 g/mol. The summed E-state index contributed by atoms with van der Waals surface area (Å²) in [7, 11) is 0. The number of nitrogens with one attached hydrogen (secondary N) is 1. The van der Waals surface area contributed by atoms with E-state index in [4.69, 9.17) is 4.74 Å². The van der Waals surface area contributed by atoms with Crippen molar-refractivity contribution in [3.05, 3.63) is 48.2 Å². The number of halogens is 1. The Kier molecular flexibility index (Phi) is 4.88. The zero-order chi connectivity index (χ0) is 18.8. The topological polar surface area (TPSA) is 68.5 Å². The van der Waals surface area contributed by atoms with E-state index in [0.29, 0.717) is 23.1 Å². The van der Waals surface area contributed by atoms with Crippen molar-refractivity contribution in [1.29, 1.82) is 0 Å². The maximum atomic E-state index is 14.3. The number of nitrogens with zero attached hydrogens (tertiary/aromatic N) is 3. The van der Waals surface area contributed by atoms with Crippen molar-refractivity contribution in [1.82, 2.24) is 14.4 Å². The monoisotopic (exact) mass is 356 g/mol. The van der Waals surface area contributed by atoms with Crippen LogP contribution in [-0.2, 0) is 4.74 Å². The molecular formula is C19H21FN4O2. The van der Waals surface area contributed by atoms with Crippen molar-refractivity contribution in [2.75, 3.05) is 5.32 Å². The van der Waals surface area contributed by atoms with Crippen molar-refractivity contribution >= 4 is 17.6 Å². The first-order valence-electron chi connectivity index (χ1n) is 8.45. The second-order valence-corrected chi connectivity index (χ2v) is 6.65. The van der Waals surface area contributed by atoms with Crippen molar-refractivity contribution in [3.8, 4) is 11.3 Å². The molecule has 0 atom stereocenters. The first kappa shape index (κ1) is 17.8. The molecule has 0 aliphatic heterocycles. The maximum absolute atomic E-state index is 14.3. The van der Waals surface area contributed by atoms with Gasteiger partial charge in [0.1, 0.15) is 5.82 Å². The lowest BCUT2D eigenvalue weighted by molar-refractivity contribution is 0.130. The predicted molar refractivity (Wildman–Crippen MR) is 97.7 cm³/mol. The summed E-state index contributed by atoms with van der Waals surface area (Å²) >= 11 is 0. The van der Waals surface area contributed by atoms with Crippen molar-refractivity contribution < 1.29 is 13.9 Å². The van der Waals surface area contributed by atoms with Crippen LogP contribution in [0.4, 0.5) is 14.9 Å². The fraction of sp³-hybridized carbons (Fsp3) is 0.316. The van der Waals surface area contributed by atoms with Crippen LogP contribution in [0.2, 0.25) is 0 Å². The molecule has 0 saturated carbocycles. The van der Waals surface area contributed by atoms with E-state index in [1.807, 2.05) is 6.20 Å². The van der Waals surface area contributed by atoms with Gasteiger partial charge in [-0.2, -0.15) is 0 Å². The van der Waals surface area contributed by atoms with Gasteiger partial charge in [-0.15, -0.1) is 0 Å². The number of imidazole rings is 1.